The van der Waals surface area contributed by atoms with Crippen molar-refractivity contribution in [3.05, 3.63) is 59.4 Å². The third kappa shape index (κ3) is 4.97. The molecule has 1 atom stereocenters. The topological polar surface area (TPSA) is 83.0 Å². The highest BCUT2D eigenvalue weighted by atomic mass is 35.5. The van der Waals surface area contributed by atoms with Crippen LogP contribution in [0.2, 0.25) is 5.02 Å². The maximum Gasteiger partial charge on any atom is 0.225 e. The molecule has 3 rings (SSSR count). The predicted octanol–water partition coefficient (Wildman–Crippen LogP) is 4.67. The third-order valence-corrected chi connectivity index (χ3v) is 4.70. The molecule has 0 amide bonds. The Balaban J connectivity index is 1.99. The van der Waals surface area contributed by atoms with Crippen LogP contribution in [-0.2, 0) is 0 Å². The molecular weight excluding hydrogens is 374 g/mol. The normalized spacial score (nSPS) is 12.1. The molecule has 0 unspecified atom stereocenters. The SMILES string of the molecule is Cc1ccc(Nc2cc(-c3cccnc3)nc(N[C@H](CO)C(C)C)n2)c(Cl)c1. The van der Waals surface area contributed by atoms with Crippen LogP contribution in [0.4, 0.5) is 17.5 Å². The van der Waals surface area contributed by atoms with Crippen molar-refractivity contribution in [3.63, 3.8) is 0 Å². The van der Waals surface area contributed by atoms with Crippen LogP contribution in [0.3, 0.4) is 0 Å². The lowest BCUT2D eigenvalue weighted by Crippen LogP contribution is -2.30. The Labute approximate surface area is 170 Å². The molecule has 7 heteroatoms. The first-order valence-corrected chi connectivity index (χ1v) is 9.54. The number of pyridine rings is 1. The molecule has 0 spiro atoms. The molecule has 0 aliphatic carbocycles. The highest BCUT2D eigenvalue weighted by Crippen LogP contribution is 2.28. The van der Waals surface area contributed by atoms with Crippen molar-refractivity contribution < 1.29 is 5.11 Å². The van der Waals surface area contributed by atoms with Gasteiger partial charge < -0.3 is 15.7 Å². The lowest BCUT2D eigenvalue weighted by molar-refractivity contribution is 0.248. The van der Waals surface area contributed by atoms with Crippen LogP contribution in [0, 0.1) is 12.8 Å². The van der Waals surface area contributed by atoms with Crippen molar-refractivity contribution in [2.24, 2.45) is 5.92 Å². The molecule has 3 N–H and O–H groups in total. The Morgan fingerprint density at radius 3 is 2.61 bits per heavy atom. The number of aryl methyl sites for hydroxylation is 1. The van der Waals surface area contributed by atoms with Crippen LogP contribution in [0.25, 0.3) is 11.3 Å². The zero-order chi connectivity index (χ0) is 20.1. The first-order chi connectivity index (χ1) is 13.5. The Morgan fingerprint density at radius 2 is 1.96 bits per heavy atom. The van der Waals surface area contributed by atoms with E-state index in [1.54, 1.807) is 12.4 Å². The maximum atomic E-state index is 9.65. The monoisotopic (exact) mass is 397 g/mol. The fourth-order valence-corrected chi connectivity index (χ4v) is 2.97. The van der Waals surface area contributed by atoms with Crippen molar-refractivity contribution in [3.8, 4) is 11.3 Å². The van der Waals surface area contributed by atoms with Gasteiger partial charge in [0, 0.05) is 24.0 Å². The summed E-state index contributed by atoms with van der Waals surface area (Å²) in [6, 6.07) is 11.3. The van der Waals surface area contributed by atoms with E-state index in [1.165, 1.54) is 0 Å². The molecule has 0 radical (unpaired) electrons. The number of benzene rings is 1. The molecule has 1 aromatic carbocycles. The molecule has 2 aromatic heterocycles. The summed E-state index contributed by atoms with van der Waals surface area (Å²) >= 11 is 6.36. The summed E-state index contributed by atoms with van der Waals surface area (Å²) in [7, 11) is 0. The minimum absolute atomic E-state index is 0.00923. The average molecular weight is 398 g/mol. The fraction of sp³-hybridized carbons (Fsp3) is 0.286. The number of anilines is 3. The van der Waals surface area contributed by atoms with Gasteiger partial charge in [-0.1, -0.05) is 31.5 Å². The molecular formula is C21H24ClN5O. The number of aliphatic hydroxyl groups excluding tert-OH is 1. The van der Waals surface area contributed by atoms with E-state index in [-0.39, 0.29) is 18.6 Å². The Kier molecular flexibility index (Phi) is 6.44. The highest BCUT2D eigenvalue weighted by Gasteiger charge is 2.15. The second-order valence-electron chi connectivity index (χ2n) is 6.99. The van der Waals surface area contributed by atoms with Crippen LogP contribution in [0.15, 0.2) is 48.8 Å². The van der Waals surface area contributed by atoms with Crippen LogP contribution >= 0.6 is 11.6 Å². The van der Waals surface area contributed by atoms with Crippen molar-refractivity contribution >= 4 is 29.1 Å². The lowest BCUT2D eigenvalue weighted by atomic mass is 10.1. The van der Waals surface area contributed by atoms with Gasteiger partial charge in [-0.05, 0) is 42.7 Å². The summed E-state index contributed by atoms with van der Waals surface area (Å²) in [6.45, 7) is 6.04. The Bertz CT molecular complexity index is 933. The number of aromatic nitrogens is 3. The van der Waals surface area contributed by atoms with Gasteiger partial charge in [0.25, 0.3) is 0 Å². The van der Waals surface area contributed by atoms with E-state index < -0.39 is 0 Å². The number of nitrogens with one attached hydrogen (secondary N) is 2. The number of nitrogens with zero attached hydrogens (tertiary/aromatic N) is 3. The predicted molar refractivity (Wildman–Crippen MR) is 114 cm³/mol. The number of rotatable bonds is 7. The van der Waals surface area contributed by atoms with E-state index in [0.717, 1.165) is 22.5 Å². The Hall–Kier alpha value is -2.70. The van der Waals surface area contributed by atoms with Crippen molar-refractivity contribution in [1.29, 1.82) is 0 Å². The molecule has 28 heavy (non-hydrogen) atoms. The summed E-state index contributed by atoms with van der Waals surface area (Å²) in [5.74, 6) is 1.25. The highest BCUT2D eigenvalue weighted by molar-refractivity contribution is 6.33. The van der Waals surface area contributed by atoms with Crippen molar-refractivity contribution in [2.45, 2.75) is 26.8 Å². The van der Waals surface area contributed by atoms with Crippen LogP contribution in [0.5, 0.6) is 0 Å². The molecule has 146 valence electrons. The molecule has 0 bridgehead atoms. The lowest BCUT2D eigenvalue weighted by Gasteiger charge is -2.21. The molecule has 0 aliphatic heterocycles. The van der Waals surface area contributed by atoms with E-state index in [4.69, 9.17) is 11.6 Å². The standard InChI is InChI=1S/C21H24ClN5O/c1-13(2)19(12-28)26-21-25-18(15-5-4-8-23-11-15)10-20(27-21)24-17-7-6-14(3)9-16(17)22/h4-11,13,19,28H,12H2,1-3H3,(H2,24,25,26,27)/t19-/m1/s1. The molecule has 6 nitrogen and oxygen atoms in total. The van der Waals surface area contributed by atoms with Gasteiger partial charge in [0.15, 0.2) is 0 Å². The number of halogens is 1. The summed E-state index contributed by atoms with van der Waals surface area (Å²) in [5, 5.41) is 16.8. The average Bonchev–Trinajstić information content (AvgIpc) is 2.68. The van der Waals surface area contributed by atoms with Gasteiger partial charge >= 0.3 is 0 Å². The third-order valence-electron chi connectivity index (χ3n) is 4.39. The first-order valence-electron chi connectivity index (χ1n) is 9.16. The number of aliphatic hydroxyl groups is 1. The van der Waals surface area contributed by atoms with Crippen molar-refractivity contribution in [1.82, 2.24) is 15.0 Å². The van der Waals surface area contributed by atoms with Gasteiger partial charge in [-0.3, -0.25) is 4.98 Å². The first kappa shape index (κ1) is 20.0. The van der Waals surface area contributed by atoms with E-state index >= 15 is 0 Å². The summed E-state index contributed by atoms with van der Waals surface area (Å²) in [6.07, 6.45) is 3.47. The minimum atomic E-state index is -0.153. The van der Waals surface area contributed by atoms with Crippen LogP contribution in [0.1, 0.15) is 19.4 Å². The molecule has 0 saturated carbocycles. The summed E-state index contributed by atoms with van der Waals surface area (Å²) in [4.78, 5) is 13.3. The maximum absolute atomic E-state index is 9.65. The van der Waals surface area contributed by atoms with Crippen LogP contribution < -0.4 is 10.6 Å². The minimum Gasteiger partial charge on any atom is -0.394 e. The smallest absolute Gasteiger partial charge is 0.225 e. The molecule has 0 fully saturated rings. The van der Waals surface area contributed by atoms with E-state index in [2.05, 4.69) is 25.6 Å². The number of hydrogen-bond acceptors (Lipinski definition) is 6. The van der Waals surface area contributed by atoms with Crippen LogP contribution in [-0.4, -0.2) is 32.7 Å². The van der Waals surface area contributed by atoms with Gasteiger partial charge in [-0.15, -0.1) is 0 Å². The fourth-order valence-electron chi connectivity index (χ4n) is 2.69. The quantitative estimate of drug-likeness (QED) is 0.537. The zero-order valence-corrected chi connectivity index (χ0v) is 16.9. The molecule has 3 aromatic rings. The summed E-state index contributed by atoms with van der Waals surface area (Å²) in [5.41, 5.74) is 3.43. The van der Waals surface area contributed by atoms with Gasteiger partial charge in [-0.25, -0.2) is 4.98 Å². The van der Waals surface area contributed by atoms with E-state index in [0.29, 0.717) is 16.8 Å². The van der Waals surface area contributed by atoms with Gasteiger partial charge in [0.2, 0.25) is 5.95 Å². The largest absolute Gasteiger partial charge is 0.394 e. The van der Waals surface area contributed by atoms with E-state index in [1.807, 2.05) is 57.2 Å². The molecule has 0 aliphatic rings. The second-order valence-corrected chi connectivity index (χ2v) is 7.40. The van der Waals surface area contributed by atoms with Gasteiger partial charge in [0.1, 0.15) is 5.82 Å². The zero-order valence-electron chi connectivity index (χ0n) is 16.1. The Morgan fingerprint density at radius 1 is 1.14 bits per heavy atom. The second kappa shape index (κ2) is 8.99. The number of hydrogen-bond donors (Lipinski definition) is 3. The van der Waals surface area contributed by atoms with E-state index in [9.17, 15) is 5.11 Å². The molecule has 0 saturated heterocycles. The van der Waals surface area contributed by atoms with Gasteiger partial charge in [-0.2, -0.15) is 4.98 Å². The van der Waals surface area contributed by atoms with Gasteiger partial charge in [0.05, 0.1) is 29.1 Å². The molecule has 2 heterocycles. The van der Waals surface area contributed by atoms with Crippen molar-refractivity contribution in [2.75, 3.05) is 17.2 Å². The summed E-state index contributed by atoms with van der Waals surface area (Å²) < 4.78 is 0.